The highest BCUT2D eigenvalue weighted by Gasteiger charge is 2.32. The van der Waals surface area contributed by atoms with Gasteiger partial charge in [0.1, 0.15) is 5.37 Å². The molecule has 6 nitrogen and oxygen atoms in total. The highest BCUT2D eigenvalue weighted by molar-refractivity contribution is 8.00. The molecule has 0 bridgehead atoms. The number of hydrogen-bond donors (Lipinski definition) is 2. The Morgan fingerprint density at radius 3 is 2.44 bits per heavy atom. The quantitative estimate of drug-likeness (QED) is 0.344. The largest absolute Gasteiger partial charge is 0.352 e. The molecule has 1 heterocycles. The average Bonchev–Trinajstić information content (AvgIpc) is 3.25. The summed E-state index contributed by atoms with van der Waals surface area (Å²) >= 11 is 7.55. The number of benzene rings is 3. The molecule has 1 fully saturated rings. The molecule has 36 heavy (non-hydrogen) atoms. The maximum Gasteiger partial charge on any atom is 0.255 e. The van der Waals surface area contributed by atoms with Gasteiger partial charge in [-0.1, -0.05) is 61.3 Å². The van der Waals surface area contributed by atoms with Crippen LogP contribution in [0.3, 0.4) is 0 Å². The molecular formula is C28H28ClN3O3S. The van der Waals surface area contributed by atoms with Crippen molar-refractivity contribution in [2.45, 2.75) is 31.7 Å². The number of nitrogens with one attached hydrogen (secondary N) is 2. The molecule has 3 aromatic rings. The summed E-state index contributed by atoms with van der Waals surface area (Å²) in [4.78, 5) is 39.9. The van der Waals surface area contributed by atoms with Gasteiger partial charge in [-0.15, -0.1) is 11.8 Å². The summed E-state index contributed by atoms with van der Waals surface area (Å²) < 4.78 is 0. The second-order valence-electron chi connectivity index (χ2n) is 8.54. The number of unbranched alkanes of at least 4 members (excludes halogenated alkanes) is 1. The summed E-state index contributed by atoms with van der Waals surface area (Å²) in [7, 11) is 0. The summed E-state index contributed by atoms with van der Waals surface area (Å²) in [5, 5.41) is 6.28. The van der Waals surface area contributed by atoms with E-state index in [1.54, 1.807) is 48.2 Å². The van der Waals surface area contributed by atoms with Gasteiger partial charge in [0.25, 0.3) is 11.8 Å². The van der Waals surface area contributed by atoms with Gasteiger partial charge in [-0.3, -0.25) is 14.4 Å². The van der Waals surface area contributed by atoms with Crippen LogP contribution in [0.2, 0.25) is 5.02 Å². The summed E-state index contributed by atoms with van der Waals surface area (Å²) in [5.41, 5.74) is 3.32. The molecule has 3 amide bonds. The fourth-order valence-electron chi connectivity index (χ4n) is 3.95. The monoisotopic (exact) mass is 521 g/mol. The number of amides is 3. The van der Waals surface area contributed by atoms with Crippen molar-refractivity contribution in [1.82, 2.24) is 10.2 Å². The Labute approximate surface area is 220 Å². The first-order chi connectivity index (χ1) is 17.5. The van der Waals surface area contributed by atoms with Gasteiger partial charge in [0.15, 0.2) is 0 Å². The first kappa shape index (κ1) is 25.8. The number of thioether (sulfide) groups is 1. The van der Waals surface area contributed by atoms with Crippen LogP contribution in [-0.2, 0) is 11.3 Å². The third kappa shape index (κ3) is 6.28. The van der Waals surface area contributed by atoms with E-state index in [1.807, 2.05) is 41.3 Å². The van der Waals surface area contributed by atoms with E-state index >= 15 is 0 Å². The van der Waals surface area contributed by atoms with Crippen molar-refractivity contribution in [1.29, 1.82) is 0 Å². The van der Waals surface area contributed by atoms with Crippen molar-refractivity contribution in [3.8, 4) is 0 Å². The molecule has 0 radical (unpaired) electrons. The third-order valence-corrected chi connectivity index (χ3v) is 7.44. The summed E-state index contributed by atoms with van der Waals surface area (Å²) in [6.07, 6.45) is 1.88. The Balaban J connectivity index is 1.44. The minimum Gasteiger partial charge on any atom is -0.352 e. The van der Waals surface area contributed by atoms with E-state index in [4.69, 9.17) is 11.6 Å². The average molecular weight is 522 g/mol. The second-order valence-corrected chi connectivity index (χ2v) is 10.0. The second kappa shape index (κ2) is 12.1. The number of nitrogens with zero attached hydrogens (tertiary/aromatic N) is 1. The number of rotatable bonds is 9. The van der Waals surface area contributed by atoms with E-state index in [9.17, 15) is 14.4 Å². The number of hydrogen-bond acceptors (Lipinski definition) is 4. The number of anilines is 1. The summed E-state index contributed by atoms with van der Waals surface area (Å²) in [5.74, 6) is -0.0186. The van der Waals surface area contributed by atoms with Gasteiger partial charge in [-0.05, 0) is 53.9 Å². The highest BCUT2D eigenvalue weighted by atomic mass is 35.5. The van der Waals surface area contributed by atoms with E-state index in [2.05, 4.69) is 17.6 Å². The molecule has 3 aromatic carbocycles. The van der Waals surface area contributed by atoms with Crippen molar-refractivity contribution in [2.75, 3.05) is 17.6 Å². The van der Waals surface area contributed by atoms with Crippen LogP contribution in [0.1, 0.15) is 57.0 Å². The smallest absolute Gasteiger partial charge is 0.255 e. The van der Waals surface area contributed by atoms with Crippen LogP contribution in [0.4, 0.5) is 5.69 Å². The molecule has 8 heteroatoms. The third-order valence-electron chi connectivity index (χ3n) is 5.93. The lowest BCUT2D eigenvalue weighted by Gasteiger charge is -2.24. The first-order valence-corrected chi connectivity index (χ1v) is 13.3. The molecule has 4 rings (SSSR count). The zero-order valence-corrected chi connectivity index (χ0v) is 21.6. The lowest BCUT2D eigenvalue weighted by molar-refractivity contribution is -0.128. The molecule has 0 unspecified atom stereocenters. The summed E-state index contributed by atoms with van der Waals surface area (Å²) in [6.45, 7) is 3.15. The standard InChI is InChI=1S/C28H28ClN3O3S/c1-2-3-16-30-27(35)23-6-4-5-7-24(23)31-26(34)20-10-12-21(13-11-20)28-32(25(33)18-36-28)17-19-8-14-22(29)15-9-19/h4-15,28H,2-3,16-18H2,1H3,(H,30,35)(H,31,34)/t28-/m1/s1. The number of carbonyl (C=O) groups excluding carboxylic acids is 3. The zero-order valence-electron chi connectivity index (χ0n) is 20.0. The summed E-state index contributed by atoms with van der Waals surface area (Å²) in [6, 6.07) is 21.7. The molecule has 1 atom stereocenters. The normalized spacial score (nSPS) is 15.1. The van der Waals surface area contributed by atoms with E-state index in [0.29, 0.717) is 40.7 Å². The van der Waals surface area contributed by atoms with Gasteiger partial charge in [0.05, 0.1) is 17.0 Å². The van der Waals surface area contributed by atoms with E-state index in [1.165, 1.54) is 0 Å². The van der Waals surface area contributed by atoms with Gasteiger partial charge < -0.3 is 15.5 Å². The molecule has 0 saturated carbocycles. The number of halogens is 1. The van der Waals surface area contributed by atoms with Crippen molar-refractivity contribution in [2.24, 2.45) is 0 Å². The minimum atomic E-state index is -0.302. The fraction of sp³-hybridized carbons (Fsp3) is 0.250. The van der Waals surface area contributed by atoms with Crippen molar-refractivity contribution in [3.05, 3.63) is 100 Å². The van der Waals surface area contributed by atoms with E-state index < -0.39 is 0 Å². The molecule has 0 aromatic heterocycles. The Morgan fingerprint density at radius 1 is 1.00 bits per heavy atom. The fourth-order valence-corrected chi connectivity index (χ4v) is 5.26. The topological polar surface area (TPSA) is 78.5 Å². The van der Waals surface area contributed by atoms with E-state index in [0.717, 1.165) is 24.0 Å². The molecule has 186 valence electrons. The SMILES string of the molecule is CCCCNC(=O)c1ccccc1NC(=O)c1ccc([C@H]2SCC(=O)N2Cc2ccc(Cl)cc2)cc1. The molecule has 2 N–H and O–H groups in total. The van der Waals surface area contributed by atoms with Gasteiger partial charge >= 0.3 is 0 Å². The molecule has 1 aliphatic heterocycles. The molecule has 0 spiro atoms. The van der Waals surface area contributed by atoms with Crippen LogP contribution >= 0.6 is 23.4 Å². The van der Waals surface area contributed by atoms with Gasteiger partial charge in [-0.25, -0.2) is 0 Å². The van der Waals surface area contributed by atoms with Gasteiger partial charge in [0.2, 0.25) is 5.91 Å². The van der Waals surface area contributed by atoms with Gasteiger partial charge in [-0.2, -0.15) is 0 Å². The van der Waals surface area contributed by atoms with Crippen LogP contribution in [-0.4, -0.2) is 34.9 Å². The Kier molecular flexibility index (Phi) is 8.67. The van der Waals surface area contributed by atoms with Crippen molar-refractivity contribution in [3.63, 3.8) is 0 Å². The maximum atomic E-state index is 12.9. The van der Waals surface area contributed by atoms with Gasteiger partial charge in [0, 0.05) is 23.7 Å². The minimum absolute atomic E-state index is 0.0792. The van der Waals surface area contributed by atoms with Crippen molar-refractivity contribution < 1.29 is 14.4 Å². The van der Waals surface area contributed by atoms with Crippen LogP contribution in [0, 0.1) is 0 Å². The predicted octanol–water partition coefficient (Wildman–Crippen LogP) is 5.90. The zero-order chi connectivity index (χ0) is 25.5. The van der Waals surface area contributed by atoms with Crippen LogP contribution in [0.15, 0.2) is 72.8 Å². The van der Waals surface area contributed by atoms with Crippen LogP contribution in [0.25, 0.3) is 0 Å². The van der Waals surface area contributed by atoms with Crippen LogP contribution in [0.5, 0.6) is 0 Å². The lowest BCUT2D eigenvalue weighted by Crippen LogP contribution is -2.27. The van der Waals surface area contributed by atoms with Crippen LogP contribution < -0.4 is 10.6 Å². The molecule has 1 aliphatic rings. The Hall–Kier alpha value is -3.29. The maximum absolute atomic E-state index is 12.9. The van der Waals surface area contributed by atoms with E-state index in [-0.39, 0.29) is 23.1 Å². The number of carbonyl (C=O) groups is 3. The lowest BCUT2D eigenvalue weighted by atomic mass is 10.1. The Morgan fingerprint density at radius 2 is 1.72 bits per heavy atom. The van der Waals surface area contributed by atoms with Crippen molar-refractivity contribution >= 4 is 46.8 Å². The number of para-hydroxylation sites is 1. The molecule has 1 saturated heterocycles. The Bertz CT molecular complexity index is 1230. The predicted molar refractivity (Wildman–Crippen MR) is 145 cm³/mol. The molecular weight excluding hydrogens is 494 g/mol. The molecule has 0 aliphatic carbocycles. The highest BCUT2D eigenvalue weighted by Crippen LogP contribution is 2.39. The first-order valence-electron chi connectivity index (χ1n) is 11.9.